The van der Waals surface area contributed by atoms with Gasteiger partial charge in [-0.15, -0.1) is 10.2 Å². The Bertz CT molecular complexity index is 1040. The van der Waals surface area contributed by atoms with E-state index < -0.39 is 5.97 Å². The van der Waals surface area contributed by atoms with Crippen LogP contribution >= 0.6 is 23.4 Å². The highest BCUT2D eigenvalue weighted by atomic mass is 35.5. The van der Waals surface area contributed by atoms with Gasteiger partial charge in [0.1, 0.15) is 0 Å². The zero-order valence-corrected chi connectivity index (χ0v) is 17.0. The molecule has 0 unspecified atom stereocenters. The standard InChI is InChI=1S/C19H18ClN5O3S/c1-2-28-18(27)12-6-5-7-13(10-12)22-16(26)11-29-19-24-23-17(25(19)21)14-8-3-4-9-15(14)20/h3-10H,2,11,21H2,1H3,(H,22,26). The largest absolute Gasteiger partial charge is 0.462 e. The minimum absolute atomic E-state index is 0.0570. The minimum Gasteiger partial charge on any atom is -0.462 e. The first-order valence-corrected chi connectivity index (χ1v) is 10.0. The van der Waals surface area contributed by atoms with E-state index in [-0.39, 0.29) is 18.3 Å². The SMILES string of the molecule is CCOC(=O)c1cccc(NC(=O)CSc2nnc(-c3ccccc3Cl)n2N)c1. The van der Waals surface area contributed by atoms with E-state index in [1.165, 1.54) is 4.68 Å². The zero-order chi connectivity index (χ0) is 20.8. The number of nitrogens with one attached hydrogen (secondary N) is 1. The van der Waals surface area contributed by atoms with E-state index in [0.717, 1.165) is 11.8 Å². The van der Waals surface area contributed by atoms with E-state index in [2.05, 4.69) is 15.5 Å². The maximum Gasteiger partial charge on any atom is 0.338 e. The molecule has 1 heterocycles. The second-order valence-electron chi connectivity index (χ2n) is 5.79. The lowest BCUT2D eigenvalue weighted by Crippen LogP contribution is -2.17. The molecule has 29 heavy (non-hydrogen) atoms. The Morgan fingerprint density at radius 1 is 1.21 bits per heavy atom. The average molecular weight is 432 g/mol. The van der Waals surface area contributed by atoms with Gasteiger partial charge in [-0.1, -0.05) is 41.6 Å². The molecule has 10 heteroatoms. The topological polar surface area (TPSA) is 112 Å². The molecule has 2 aromatic carbocycles. The highest BCUT2D eigenvalue weighted by Crippen LogP contribution is 2.27. The Kier molecular flexibility index (Phi) is 6.73. The first-order valence-electron chi connectivity index (χ1n) is 8.64. The number of hydrogen-bond donors (Lipinski definition) is 2. The van der Waals surface area contributed by atoms with E-state index in [1.807, 2.05) is 6.07 Å². The lowest BCUT2D eigenvalue weighted by molar-refractivity contribution is -0.113. The number of carbonyl (C=O) groups excluding carboxylic acids is 2. The van der Waals surface area contributed by atoms with Crippen molar-refractivity contribution in [3.8, 4) is 11.4 Å². The molecule has 3 rings (SSSR count). The van der Waals surface area contributed by atoms with E-state index >= 15 is 0 Å². The number of aromatic nitrogens is 3. The Labute approximate surface area is 176 Å². The van der Waals surface area contributed by atoms with Gasteiger partial charge in [-0.25, -0.2) is 9.47 Å². The first-order chi connectivity index (χ1) is 14.0. The maximum absolute atomic E-state index is 12.3. The predicted molar refractivity (Wildman–Crippen MR) is 112 cm³/mol. The smallest absolute Gasteiger partial charge is 0.338 e. The van der Waals surface area contributed by atoms with Crippen LogP contribution in [0.5, 0.6) is 0 Å². The number of halogens is 1. The molecule has 0 atom stereocenters. The molecule has 0 bridgehead atoms. The number of thioether (sulfide) groups is 1. The molecule has 3 aromatic rings. The summed E-state index contributed by atoms with van der Waals surface area (Å²) in [4.78, 5) is 24.1. The molecule has 8 nitrogen and oxygen atoms in total. The Balaban J connectivity index is 1.63. The molecule has 0 aliphatic heterocycles. The van der Waals surface area contributed by atoms with Crippen LogP contribution in [0, 0.1) is 0 Å². The lowest BCUT2D eigenvalue weighted by Gasteiger charge is -2.07. The molecule has 0 aliphatic carbocycles. The van der Waals surface area contributed by atoms with Crippen molar-refractivity contribution in [3.05, 3.63) is 59.1 Å². The van der Waals surface area contributed by atoms with Crippen LogP contribution in [-0.2, 0) is 9.53 Å². The number of benzene rings is 2. The molecule has 0 saturated heterocycles. The van der Waals surface area contributed by atoms with Crippen LogP contribution in [0.2, 0.25) is 5.02 Å². The van der Waals surface area contributed by atoms with Gasteiger partial charge in [0, 0.05) is 11.3 Å². The number of anilines is 1. The Morgan fingerprint density at radius 2 is 2.00 bits per heavy atom. The molecular weight excluding hydrogens is 414 g/mol. The van der Waals surface area contributed by atoms with Crippen molar-refractivity contribution in [1.29, 1.82) is 0 Å². The van der Waals surface area contributed by atoms with Gasteiger partial charge in [-0.2, -0.15) is 0 Å². The molecular formula is C19H18ClN5O3S. The van der Waals surface area contributed by atoms with Gasteiger partial charge in [0.05, 0.1) is 22.9 Å². The van der Waals surface area contributed by atoms with Crippen molar-refractivity contribution < 1.29 is 14.3 Å². The van der Waals surface area contributed by atoms with E-state index in [1.54, 1.807) is 49.4 Å². The van der Waals surface area contributed by atoms with Gasteiger partial charge in [-0.05, 0) is 37.3 Å². The van der Waals surface area contributed by atoms with Crippen LogP contribution in [0.25, 0.3) is 11.4 Å². The molecule has 3 N–H and O–H groups in total. The second-order valence-corrected chi connectivity index (χ2v) is 7.14. The highest BCUT2D eigenvalue weighted by Gasteiger charge is 2.16. The number of amides is 1. The molecule has 1 amide bonds. The van der Waals surface area contributed by atoms with Gasteiger partial charge >= 0.3 is 5.97 Å². The van der Waals surface area contributed by atoms with Crippen molar-refractivity contribution in [2.75, 3.05) is 23.5 Å². The summed E-state index contributed by atoms with van der Waals surface area (Å²) < 4.78 is 6.25. The fourth-order valence-electron chi connectivity index (χ4n) is 2.47. The summed E-state index contributed by atoms with van der Waals surface area (Å²) >= 11 is 7.30. The predicted octanol–water partition coefficient (Wildman–Crippen LogP) is 3.22. The molecule has 0 spiro atoms. The van der Waals surface area contributed by atoms with Gasteiger partial charge in [-0.3, -0.25) is 4.79 Å². The summed E-state index contributed by atoms with van der Waals surface area (Å²) in [6.07, 6.45) is 0. The summed E-state index contributed by atoms with van der Waals surface area (Å²) in [5.41, 5.74) is 1.51. The summed E-state index contributed by atoms with van der Waals surface area (Å²) in [5, 5.41) is 11.7. The molecule has 1 aromatic heterocycles. The van der Waals surface area contributed by atoms with E-state index in [9.17, 15) is 9.59 Å². The molecule has 0 aliphatic rings. The number of rotatable bonds is 7. The first kappa shape index (κ1) is 20.7. The summed E-state index contributed by atoms with van der Waals surface area (Å²) in [7, 11) is 0. The third kappa shape index (κ3) is 5.07. The van der Waals surface area contributed by atoms with Crippen molar-refractivity contribution in [1.82, 2.24) is 14.9 Å². The van der Waals surface area contributed by atoms with Crippen LogP contribution in [0.1, 0.15) is 17.3 Å². The van der Waals surface area contributed by atoms with E-state index in [4.69, 9.17) is 22.2 Å². The number of nitrogen functional groups attached to an aromatic ring is 1. The lowest BCUT2D eigenvalue weighted by atomic mass is 10.2. The summed E-state index contributed by atoms with van der Waals surface area (Å²) in [5.74, 6) is 5.79. The molecule has 0 saturated carbocycles. The third-order valence-corrected chi connectivity index (χ3v) is 5.04. The van der Waals surface area contributed by atoms with Crippen LogP contribution in [-0.4, -0.2) is 39.1 Å². The number of ether oxygens (including phenoxy) is 1. The van der Waals surface area contributed by atoms with Gasteiger partial charge in [0.2, 0.25) is 11.1 Å². The zero-order valence-electron chi connectivity index (χ0n) is 15.5. The maximum atomic E-state index is 12.3. The number of carbonyl (C=O) groups is 2. The van der Waals surface area contributed by atoms with Crippen molar-refractivity contribution in [2.24, 2.45) is 0 Å². The average Bonchev–Trinajstić information content (AvgIpc) is 3.07. The van der Waals surface area contributed by atoms with E-state index in [0.29, 0.717) is 32.8 Å². The van der Waals surface area contributed by atoms with Gasteiger partial charge in [0.25, 0.3) is 0 Å². The Morgan fingerprint density at radius 3 is 2.76 bits per heavy atom. The van der Waals surface area contributed by atoms with Crippen LogP contribution in [0.15, 0.2) is 53.7 Å². The van der Waals surface area contributed by atoms with Gasteiger partial charge < -0.3 is 15.9 Å². The van der Waals surface area contributed by atoms with Gasteiger partial charge in [0.15, 0.2) is 5.82 Å². The van der Waals surface area contributed by atoms with Crippen LogP contribution in [0.3, 0.4) is 0 Å². The highest BCUT2D eigenvalue weighted by molar-refractivity contribution is 7.99. The quantitative estimate of drug-likeness (QED) is 0.335. The number of hydrogen-bond acceptors (Lipinski definition) is 7. The van der Waals surface area contributed by atoms with Crippen LogP contribution < -0.4 is 11.2 Å². The fraction of sp³-hybridized carbons (Fsp3) is 0.158. The number of nitrogens with zero attached hydrogens (tertiary/aromatic N) is 3. The van der Waals surface area contributed by atoms with Crippen molar-refractivity contribution >= 4 is 40.9 Å². The third-order valence-electron chi connectivity index (χ3n) is 3.77. The number of esters is 1. The van der Waals surface area contributed by atoms with Crippen molar-refractivity contribution in [2.45, 2.75) is 12.1 Å². The molecule has 150 valence electrons. The van der Waals surface area contributed by atoms with Crippen LogP contribution in [0.4, 0.5) is 5.69 Å². The molecule has 0 radical (unpaired) electrons. The Hall–Kier alpha value is -3.04. The monoisotopic (exact) mass is 431 g/mol. The number of nitrogens with two attached hydrogens (primary N) is 1. The second kappa shape index (κ2) is 9.44. The fourth-order valence-corrected chi connectivity index (χ4v) is 3.34. The van der Waals surface area contributed by atoms with Crippen molar-refractivity contribution in [3.63, 3.8) is 0 Å². The minimum atomic E-state index is -0.443. The summed E-state index contributed by atoms with van der Waals surface area (Å²) in [6.45, 7) is 2.01. The normalized spacial score (nSPS) is 10.6. The molecule has 0 fully saturated rings. The summed E-state index contributed by atoms with van der Waals surface area (Å²) in [6, 6.07) is 13.7.